The van der Waals surface area contributed by atoms with Crippen LogP contribution in [0, 0.1) is 6.92 Å². The molecule has 0 atom stereocenters. The van der Waals surface area contributed by atoms with Gasteiger partial charge in [0.15, 0.2) is 0 Å². The van der Waals surface area contributed by atoms with Gasteiger partial charge in [-0.1, -0.05) is 47.7 Å². The molecule has 3 rings (SSSR count). The molecule has 0 radical (unpaired) electrons. The van der Waals surface area contributed by atoms with Crippen LogP contribution in [0.2, 0.25) is 5.02 Å². The maximum absolute atomic E-state index is 12.3. The first-order valence-electron chi connectivity index (χ1n) is 7.19. The van der Waals surface area contributed by atoms with E-state index in [2.05, 4.69) is 0 Å². The maximum Gasteiger partial charge on any atom is 0.323 e. The summed E-state index contributed by atoms with van der Waals surface area (Å²) in [5.41, 5.74) is 1.77. The number of carboxylic acids is 1. The summed E-state index contributed by atoms with van der Waals surface area (Å²) in [4.78, 5) is 24.5. The highest BCUT2D eigenvalue weighted by Gasteiger charge is 2.33. The van der Waals surface area contributed by atoms with Crippen molar-refractivity contribution in [3.63, 3.8) is 0 Å². The van der Waals surface area contributed by atoms with E-state index in [1.165, 1.54) is 0 Å². The summed E-state index contributed by atoms with van der Waals surface area (Å²) in [5.74, 6) is -0.444. The summed E-state index contributed by atoms with van der Waals surface area (Å²) in [6, 6.07) is 9.07. The Balaban J connectivity index is 1.87. The van der Waals surface area contributed by atoms with E-state index in [-0.39, 0.29) is 4.32 Å². The second-order valence-electron chi connectivity index (χ2n) is 5.28. The molecule has 1 amide bonds. The summed E-state index contributed by atoms with van der Waals surface area (Å²) >= 11 is 12.2. The number of furan rings is 1. The van der Waals surface area contributed by atoms with E-state index in [1.807, 2.05) is 19.1 Å². The van der Waals surface area contributed by atoms with Crippen molar-refractivity contribution < 1.29 is 19.1 Å². The van der Waals surface area contributed by atoms with Crippen molar-refractivity contribution >= 4 is 57.9 Å². The van der Waals surface area contributed by atoms with Gasteiger partial charge in [-0.25, -0.2) is 0 Å². The van der Waals surface area contributed by atoms with Crippen molar-refractivity contribution in [1.29, 1.82) is 0 Å². The number of nitrogens with zero attached hydrogens (tertiary/aromatic N) is 1. The minimum absolute atomic E-state index is 0.219. The number of thiocarbonyl (C=S) groups is 1. The number of rotatable bonds is 4. The lowest BCUT2D eigenvalue weighted by atomic mass is 10.1. The molecule has 1 N–H and O–H groups in total. The minimum Gasteiger partial charge on any atom is -0.480 e. The molecule has 1 aliphatic rings. The molecule has 1 aliphatic heterocycles. The number of amides is 1. The molecule has 1 saturated heterocycles. The first-order chi connectivity index (χ1) is 11.9. The number of hydrogen-bond donors (Lipinski definition) is 1. The average Bonchev–Trinajstić information content (AvgIpc) is 3.11. The van der Waals surface area contributed by atoms with Gasteiger partial charge in [0.25, 0.3) is 5.91 Å². The molecule has 2 aromatic rings. The predicted octanol–water partition coefficient (Wildman–Crippen LogP) is 4.19. The monoisotopic (exact) mass is 393 g/mol. The van der Waals surface area contributed by atoms with Crippen LogP contribution in [0.15, 0.2) is 39.7 Å². The van der Waals surface area contributed by atoms with Crippen molar-refractivity contribution in [2.45, 2.75) is 6.92 Å². The highest BCUT2D eigenvalue weighted by atomic mass is 35.5. The summed E-state index contributed by atoms with van der Waals surface area (Å²) < 4.78 is 6.01. The second-order valence-corrected chi connectivity index (χ2v) is 7.36. The number of hydrogen-bond acceptors (Lipinski definition) is 5. The molecule has 1 aromatic carbocycles. The van der Waals surface area contributed by atoms with Crippen LogP contribution in [-0.4, -0.2) is 32.7 Å². The van der Waals surface area contributed by atoms with Gasteiger partial charge in [-0.05, 0) is 30.7 Å². The number of carbonyl (C=O) groups excluding carboxylic acids is 1. The minimum atomic E-state index is -1.12. The molecule has 0 saturated carbocycles. The first kappa shape index (κ1) is 17.7. The fourth-order valence-electron chi connectivity index (χ4n) is 2.35. The molecular formula is C17H12ClNO4S2. The lowest BCUT2D eigenvalue weighted by molar-refractivity contribution is -0.140. The van der Waals surface area contributed by atoms with E-state index in [4.69, 9.17) is 33.3 Å². The van der Waals surface area contributed by atoms with Gasteiger partial charge in [-0.15, -0.1) is 0 Å². The highest BCUT2D eigenvalue weighted by molar-refractivity contribution is 8.26. The van der Waals surface area contributed by atoms with Crippen LogP contribution in [0.3, 0.4) is 0 Å². The first-order valence-corrected chi connectivity index (χ1v) is 8.79. The zero-order valence-corrected chi connectivity index (χ0v) is 15.4. The van der Waals surface area contributed by atoms with Gasteiger partial charge in [0, 0.05) is 16.7 Å². The molecule has 8 heteroatoms. The zero-order valence-electron chi connectivity index (χ0n) is 13.0. The summed E-state index contributed by atoms with van der Waals surface area (Å²) in [5, 5.41) is 9.50. The molecular weight excluding hydrogens is 382 g/mol. The van der Waals surface area contributed by atoms with E-state index in [0.717, 1.165) is 27.8 Å². The Bertz CT molecular complexity index is 919. The number of benzene rings is 1. The van der Waals surface area contributed by atoms with Crippen LogP contribution in [-0.2, 0) is 9.59 Å². The van der Waals surface area contributed by atoms with Gasteiger partial charge in [-0.2, -0.15) is 0 Å². The molecule has 128 valence electrons. The third-order valence-electron chi connectivity index (χ3n) is 3.60. The SMILES string of the molecule is Cc1c(Cl)cccc1-c1ccc(/C=C2/SC(=S)N(CC(=O)O)C2=O)o1. The molecule has 5 nitrogen and oxygen atoms in total. The van der Waals surface area contributed by atoms with Gasteiger partial charge < -0.3 is 9.52 Å². The van der Waals surface area contributed by atoms with Crippen molar-refractivity contribution in [3.8, 4) is 11.3 Å². The van der Waals surface area contributed by atoms with E-state index in [1.54, 1.807) is 24.3 Å². The summed E-state index contributed by atoms with van der Waals surface area (Å²) in [6.45, 7) is 1.45. The molecule has 1 aromatic heterocycles. The standard InChI is InChI=1S/C17H12ClNO4S2/c1-9-11(3-2-4-12(9)18)13-6-5-10(23-13)7-14-16(22)19(8-15(20)21)17(24)25-14/h2-7H,8H2,1H3,(H,20,21)/b14-7+. The Hall–Kier alpha value is -2.09. The quantitative estimate of drug-likeness (QED) is 0.620. The second kappa shape index (κ2) is 7.03. The molecule has 1 fully saturated rings. The van der Waals surface area contributed by atoms with Gasteiger partial charge in [0.2, 0.25) is 0 Å². The zero-order chi connectivity index (χ0) is 18.1. The highest BCUT2D eigenvalue weighted by Crippen LogP contribution is 2.34. The molecule has 25 heavy (non-hydrogen) atoms. The van der Waals surface area contributed by atoms with E-state index in [9.17, 15) is 9.59 Å². The van der Waals surface area contributed by atoms with Crippen LogP contribution >= 0.6 is 35.6 Å². The largest absolute Gasteiger partial charge is 0.480 e. The summed E-state index contributed by atoms with van der Waals surface area (Å²) in [7, 11) is 0. The number of thioether (sulfide) groups is 1. The molecule has 0 unspecified atom stereocenters. The molecule has 2 heterocycles. The third-order valence-corrected chi connectivity index (χ3v) is 5.39. The fraction of sp³-hybridized carbons (Fsp3) is 0.118. The normalized spacial score (nSPS) is 16.1. The number of carbonyl (C=O) groups is 2. The van der Waals surface area contributed by atoms with Crippen LogP contribution < -0.4 is 0 Å². The third kappa shape index (κ3) is 3.63. The van der Waals surface area contributed by atoms with Crippen molar-refractivity contribution in [2.75, 3.05) is 6.54 Å². The van der Waals surface area contributed by atoms with Crippen molar-refractivity contribution in [3.05, 3.63) is 51.6 Å². The predicted molar refractivity (Wildman–Crippen MR) is 101 cm³/mol. The Morgan fingerprint density at radius 3 is 2.88 bits per heavy atom. The van der Waals surface area contributed by atoms with Crippen LogP contribution in [0.25, 0.3) is 17.4 Å². The van der Waals surface area contributed by atoms with Gasteiger partial charge in [0.1, 0.15) is 22.4 Å². The topological polar surface area (TPSA) is 70.8 Å². The van der Waals surface area contributed by atoms with Gasteiger partial charge >= 0.3 is 5.97 Å². The Kier molecular flexibility index (Phi) is 4.99. The molecule has 0 bridgehead atoms. The molecule has 0 spiro atoms. The summed E-state index contributed by atoms with van der Waals surface area (Å²) in [6.07, 6.45) is 1.56. The fourth-order valence-corrected chi connectivity index (χ4v) is 3.76. The lowest BCUT2D eigenvalue weighted by Gasteiger charge is -2.09. The average molecular weight is 394 g/mol. The number of halogens is 1. The number of aliphatic carboxylic acids is 1. The molecule has 0 aliphatic carbocycles. The van der Waals surface area contributed by atoms with Crippen molar-refractivity contribution in [1.82, 2.24) is 4.90 Å². The lowest BCUT2D eigenvalue weighted by Crippen LogP contribution is -2.33. The number of carboxylic acid groups (broad SMARTS) is 1. The van der Waals surface area contributed by atoms with Crippen molar-refractivity contribution in [2.24, 2.45) is 0 Å². The van der Waals surface area contributed by atoms with Crippen LogP contribution in [0.1, 0.15) is 11.3 Å². The van der Waals surface area contributed by atoms with Crippen LogP contribution in [0.5, 0.6) is 0 Å². The Morgan fingerprint density at radius 1 is 1.40 bits per heavy atom. The smallest absolute Gasteiger partial charge is 0.323 e. The Labute approximate surface area is 158 Å². The van der Waals surface area contributed by atoms with E-state index < -0.39 is 18.4 Å². The van der Waals surface area contributed by atoms with Crippen LogP contribution in [0.4, 0.5) is 0 Å². The van der Waals surface area contributed by atoms with E-state index >= 15 is 0 Å². The maximum atomic E-state index is 12.3. The van der Waals surface area contributed by atoms with E-state index in [0.29, 0.717) is 21.4 Å². The van der Waals surface area contributed by atoms with Gasteiger partial charge in [0.05, 0.1) is 4.91 Å². The Morgan fingerprint density at radius 2 is 2.16 bits per heavy atom. The van der Waals surface area contributed by atoms with Gasteiger partial charge in [-0.3, -0.25) is 14.5 Å².